The van der Waals surface area contributed by atoms with E-state index in [2.05, 4.69) is 11.8 Å². The van der Waals surface area contributed by atoms with Gasteiger partial charge in [0, 0.05) is 13.1 Å². The van der Waals surface area contributed by atoms with Crippen LogP contribution in [0.2, 0.25) is 0 Å². The molecule has 2 rings (SSSR count). The quantitative estimate of drug-likeness (QED) is 0.556. The van der Waals surface area contributed by atoms with Crippen LogP contribution in [0.15, 0.2) is 0 Å². The molecular formula is C12H20N2OS. The van der Waals surface area contributed by atoms with Crippen LogP contribution in [-0.2, 0) is 4.79 Å². The van der Waals surface area contributed by atoms with Crippen molar-refractivity contribution in [2.45, 2.75) is 51.5 Å². The molecule has 90 valence electrons. The molecule has 0 aromatic heterocycles. The van der Waals surface area contributed by atoms with E-state index in [9.17, 15) is 4.79 Å². The highest BCUT2D eigenvalue weighted by Crippen LogP contribution is 2.26. The third-order valence-corrected chi connectivity index (χ3v) is 3.97. The van der Waals surface area contributed by atoms with Gasteiger partial charge in [-0.1, -0.05) is 19.8 Å². The van der Waals surface area contributed by atoms with E-state index in [-0.39, 0.29) is 11.9 Å². The number of hydrogen-bond acceptors (Lipinski definition) is 2. The van der Waals surface area contributed by atoms with Crippen LogP contribution in [0.5, 0.6) is 0 Å². The second-order valence-electron chi connectivity index (χ2n) is 4.68. The summed E-state index contributed by atoms with van der Waals surface area (Å²) in [5.41, 5.74) is 0. The molecule has 2 saturated heterocycles. The van der Waals surface area contributed by atoms with Crippen LogP contribution >= 0.6 is 12.2 Å². The first-order chi connectivity index (χ1) is 7.75. The van der Waals surface area contributed by atoms with Crippen LogP contribution in [0.3, 0.4) is 0 Å². The molecule has 2 aliphatic rings. The fourth-order valence-electron chi connectivity index (χ4n) is 2.57. The summed E-state index contributed by atoms with van der Waals surface area (Å²) in [5, 5.41) is 0.783. The standard InChI is InChI=1S/C12H20N2OS/c1-2-3-5-9-14-11(15)10-7-4-6-8-13(10)12(14)16/h10H,2-9H2,1H3. The largest absolute Gasteiger partial charge is 0.337 e. The van der Waals surface area contributed by atoms with E-state index < -0.39 is 0 Å². The average Bonchev–Trinajstić information content (AvgIpc) is 2.55. The SMILES string of the molecule is CCCCCN1C(=O)C2CCCCN2C1=S. The van der Waals surface area contributed by atoms with Crippen molar-refractivity contribution >= 4 is 23.2 Å². The molecule has 0 bridgehead atoms. The molecule has 0 spiro atoms. The first-order valence-electron chi connectivity index (χ1n) is 6.37. The Balaban J connectivity index is 1.98. The molecule has 0 aliphatic carbocycles. The minimum Gasteiger partial charge on any atom is -0.337 e. The van der Waals surface area contributed by atoms with Crippen LogP contribution in [0, 0.1) is 0 Å². The number of carbonyl (C=O) groups excluding carboxylic acids is 1. The molecule has 1 unspecified atom stereocenters. The van der Waals surface area contributed by atoms with Gasteiger partial charge in [-0.3, -0.25) is 9.69 Å². The lowest BCUT2D eigenvalue weighted by Gasteiger charge is -2.27. The van der Waals surface area contributed by atoms with E-state index in [0.29, 0.717) is 0 Å². The highest BCUT2D eigenvalue weighted by atomic mass is 32.1. The molecule has 0 N–H and O–H groups in total. The fourth-order valence-corrected chi connectivity index (χ4v) is 2.97. The van der Waals surface area contributed by atoms with Crippen molar-refractivity contribution in [3.63, 3.8) is 0 Å². The molecular weight excluding hydrogens is 220 g/mol. The van der Waals surface area contributed by atoms with Crippen LogP contribution in [0.1, 0.15) is 45.4 Å². The third kappa shape index (κ3) is 2.08. The predicted molar refractivity (Wildman–Crippen MR) is 68.2 cm³/mol. The number of rotatable bonds is 4. The minimum absolute atomic E-state index is 0.0721. The fraction of sp³-hybridized carbons (Fsp3) is 0.833. The van der Waals surface area contributed by atoms with Gasteiger partial charge in [-0.15, -0.1) is 0 Å². The van der Waals surface area contributed by atoms with Gasteiger partial charge in [0.2, 0.25) is 0 Å². The zero-order chi connectivity index (χ0) is 11.5. The molecule has 2 aliphatic heterocycles. The van der Waals surface area contributed by atoms with Gasteiger partial charge in [0.05, 0.1) is 0 Å². The van der Waals surface area contributed by atoms with E-state index in [1.807, 2.05) is 4.90 Å². The normalized spacial score (nSPS) is 25.2. The molecule has 4 heteroatoms. The maximum Gasteiger partial charge on any atom is 0.251 e. The highest BCUT2D eigenvalue weighted by Gasteiger charge is 2.42. The summed E-state index contributed by atoms with van der Waals surface area (Å²) >= 11 is 5.40. The minimum atomic E-state index is 0.0721. The summed E-state index contributed by atoms with van der Waals surface area (Å²) in [4.78, 5) is 16.1. The zero-order valence-electron chi connectivity index (χ0n) is 9.95. The van der Waals surface area contributed by atoms with Crippen molar-refractivity contribution in [2.24, 2.45) is 0 Å². The van der Waals surface area contributed by atoms with E-state index >= 15 is 0 Å². The number of fused-ring (bicyclic) bond motifs is 1. The van der Waals surface area contributed by atoms with Gasteiger partial charge in [0.1, 0.15) is 6.04 Å². The molecule has 0 aromatic carbocycles. The maximum absolute atomic E-state index is 12.1. The summed E-state index contributed by atoms with van der Waals surface area (Å²) < 4.78 is 0. The van der Waals surface area contributed by atoms with Gasteiger partial charge in [-0.25, -0.2) is 0 Å². The van der Waals surface area contributed by atoms with E-state index in [4.69, 9.17) is 12.2 Å². The number of amides is 1. The Morgan fingerprint density at radius 2 is 2.19 bits per heavy atom. The molecule has 1 atom stereocenters. The smallest absolute Gasteiger partial charge is 0.251 e. The zero-order valence-corrected chi connectivity index (χ0v) is 10.8. The second kappa shape index (κ2) is 5.13. The Kier molecular flexibility index (Phi) is 3.79. The van der Waals surface area contributed by atoms with Gasteiger partial charge in [0.25, 0.3) is 5.91 Å². The molecule has 16 heavy (non-hydrogen) atoms. The summed E-state index contributed by atoms with van der Waals surface area (Å²) in [6.07, 6.45) is 6.76. The van der Waals surface area contributed by atoms with Gasteiger partial charge < -0.3 is 4.90 Å². The van der Waals surface area contributed by atoms with Crippen LogP contribution < -0.4 is 0 Å². The van der Waals surface area contributed by atoms with Gasteiger partial charge >= 0.3 is 0 Å². The van der Waals surface area contributed by atoms with Crippen molar-refractivity contribution in [3.05, 3.63) is 0 Å². The molecule has 0 aromatic rings. The van der Waals surface area contributed by atoms with Crippen molar-refractivity contribution < 1.29 is 4.79 Å². The maximum atomic E-state index is 12.1. The van der Waals surface area contributed by atoms with Crippen molar-refractivity contribution in [2.75, 3.05) is 13.1 Å². The molecule has 3 nitrogen and oxygen atoms in total. The highest BCUT2D eigenvalue weighted by molar-refractivity contribution is 7.80. The monoisotopic (exact) mass is 240 g/mol. The van der Waals surface area contributed by atoms with Crippen LogP contribution in [0.25, 0.3) is 0 Å². The lowest BCUT2D eigenvalue weighted by Crippen LogP contribution is -2.38. The van der Waals surface area contributed by atoms with Crippen LogP contribution in [-0.4, -0.2) is 40.0 Å². The molecule has 1 amide bonds. The van der Waals surface area contributed by atoms with Gasteiger partial charge in [-0.05, 0) is 37.9 Å². The lowest BCUT2D eigenvalue weighted by molar-refractivity contribution is -0.128. The van der Waals surface area contributed by atoms with Gasteiger partial charge in [-0.2, -0.15) is 0 Å². The third-order valence-electron chi connectivity index (χ3n) is 3.52. The average molecular weight is 240 g/mol. The van der Waals surface area contributed by atoms with Gasteiger partial charge in [0.15, 0.2) is 5.11 Å². The predicted octanol–water partition coefficient (Wildman–Crippen LogP) is 2.16. The molecule has 2 fully saturated rings. The Labute approximate surface area is 103 Å². The topological polar surface area (TPSA) is 23.6 Å². The van der Waals surface area contributed by atoms with Crippen molar-refractivity contribution in [3.8, 4) is 0 Å². The number of unbranched alkanes of at least 4 members (excludes halogenated alkanes) is 2. The number of carbonyl (C=O) groups is 1. The van der Waals surface area contributed by atoms with E-state index in [0.717, 1.165) is 31.0 Å². The summed E-state index contributed by atoms with van der Waals surface area (Å²) in [5.74, 6) is 0.251. The lowest BCUT2D eigenvalue weighted by atomic mass is 10.0. The van der Waals surface area contributed by atoms with E-state index in [1.54, 1.807) is 0 Å². The Bertz CT molecular complexity index is 269. The number of hydrogen-bond donors (Lipinski definition) is 0. The first-order valence-corrected chi connectivity index (χ1v) is 6.78. The van der Waals surface area contributed by atoms with Crippen molar-refractivity contribution in [1.82, 2.24) is 9.80 Å². The Morgan fingerprint density at radius 3 is 2.88 bits per heavy atom. The molecule has 0 radical (unpaired) electrons. The number of nitrogens with zero attached hydrogens (tertiary/aromatic N) is 2. The summed E-state index contributed by atoms with van der Waals surface area (Å²) in [7, 11) is 0. The summed E-state index contributed by atoms with van der Waals surface area (Å²) in [6, 6.07) is 0.0721. The van der Waals surface area contributed by atoms with E-state index in [1.165, 1.54) is 25.7 Å². The second-order valence-corrected chi connectivity index (χ2v) is 5.05. The summed E-state index contributed by atoms with van der Waals surface area (Å²) in [6.45, 7) is 3.96. The number of thiocarbonyl (C=S) groups is 1. The van der Waals surface area contributed by atoms with Crippen molar-refractivity contribution in [1.29, 1.82) is 0 Å². The molecule has 0 saturated carbocycles. The molecule has 2 heterocycles. The van der Waals surface area contributed by atoms with Crippen LogP contribution in [0.4, 0.5) is 0 Å². The Hall–Kier alpha value is -0.640. The Morgan fingerprint density at radius 1 is 1.38 bits per heavy atom. The number of piperidine rings is 1. The first kappa shape index (κ1) is 11.8.